The Labute approximate surface area is 213 Å². The zero-order valence-electron chi connectivity index (χ0n) is 21.1. The Morgan fingerprint density at radius 2 is 1.69 bits per heavy atom. The molecule has 2 fully saturated rings. The molecule has 0 saturated heterocycles. The highest BCUT2D eigenvalue weighted by Gasteiger charge is 2.50. The minimum atomic E-state index is -0.937. The molecule has 4 aliphatic rings. The molecule has 3 N–H and O–H groups in total. The number of aliphatic hydroxyl groups excluding tert-OH is 2. The first-order valence-corrected chi connectivity index (χ1v) is 13.9. The monoisotopic (exact) mass is 496 g/mol. The zero-order valence-corrected chi connectivity index (χ0v) is 21.1. The minimum absolute atomic E-state index is 0.0804. The Kier molecular flexibility index (Phi) is 7.96. The van der Waals surface area contributed by atoms with Gasteiger partial charge >= 0.3 is 0 Å². The van der Waals surface area contributed by atoms with Crippen molar-refractivity contribution in [3.05, 3.63) is 41.5 Å². The number of aliphatic hydroxyl groups is 2. The molecule has 7 nitrogen and oxygen atoms in total. The summed E-state index contributed by atoms with van der Waals surface area (Å²) in [6.45, 7) is 0.606. The largest absolute Gasteiger partial charge is 0.486 e. The Bertz CT molecular complexity index is 966. The third-order valence-electron chi connectivity index (χ3n) is 8.68. The van der Waals surface area contributed by atoms with Crippen molar-refractivity contribution in [1.29, 1.82) is 0 Å². The number of rotatable bonds is 8. The molecule has 1 aliphatic heterocycles. The molecule has 2 amide bonds. The number of nitrogens with one attached hydrogen (secondary N) is 1. The lowest BCUT2D eigenvalue weighted by molar-refractivity contribution is -0.139. The van der Waals surface area contributed by atoms with Crippen LogP contribution in [0.4, 0.5) is 0 Å². The van der Waals surface area contributed by atoms with Gasteiger partial charge in [-0.15, -0.1) is 0 Å². The van der Waals surface area contributed by atoms with Crippen LogP contribution in [0.25, 0.3) is 0 Å². The molecule has 2 saturated carbocycles. The summed E-state index contributed by atoms with van der Waals surface area (Å²) in [5.74, 6) is 0.881. The second-order valence-corrected chi connectivity index (χ2v) is 11.1. The van der Waals surface area contributed by atoms with Crippen molar-refractivity contribution in [3.8, 4) is 5.75 Å². The van der Waals surface area contributed by atoms with Gasteiger partial charge in [-0.25, -0.2) is 0 Å². The van der Waals surface area contributed by atoms with Crippen LogP contribution < -0.4 is 10.1 Å². The number of hydrogen-bond acceptors (Lipinski definition) is 5. The van der Waals surface area contributed by atoms with E-state index in [4.69, 9.17) is 4.74 Å². The van der Waals surface area contributed by atoms with Gasteiger partial charge in [-0.1, -0.05) is 50.3 Å². The predicted octanol–water partition coefficient (Wildman–Crippen LogP) is 3.30. The SMILES string of the molecule is O=C(NCCO)C1=CC(N(CC2CCCCC2)C(=O)CC2CCCC2)C(O)C2Oc3ccccc3C12. The summed E-state index contributed by atoms with van der Waals surface area (Å²) in [5, 5.41) is 23.7. The van der Waals surface area contributed by atoms with Gasteiger partial charge in [-0.05, 0) is 49.7 Å². The van der Waals surface area contributed by atoms with E-state index in [1.54, 1.807) is 0 Å². The van der Waals surface area contributed by atoms with E-state index in [-0.39, 0.29) is 25.0 Å². The number of hydrogen-bond donors (Lipinski definition) is 3. The van der Waals surface area contributed by atoms with Crippen LogP contribution in [0.5, 0.6) is 5.75 Å². The maximum absolute atomic E-state index is 13.8. The topological polar surface area (TPSA) is 99.1 Å². The number of carbonyl (C=O) groups is 2. The van der Waals surface area contributed by atoms with Crippen LogP contribution in [-0.4, -0.2) is 64.9 Å². The summed E-state index contributed by atoms with van der Waals surface area (Å²) in [6, 6.07) is 6.98. The second-order valence-electron chi connectivity index (χ2n) is 11.1. The number of benzene rings is 1. The lowest BCUT2D eigenvalue weighted by Gasteiger charge is -2.42. The van der Waals surface area contributed by atoms with Gasteiger partial charge < -0.3 is 25.2 Å². The number of para-hydroxylation sites is 1. The molecule has 196 valence electrons. The van der Waals surface area contributed by atoms with Gasteiger partial charge in [-0.2, -0.15) is 0 Å². The average Bonchev–Trinajstić information content (AvgIpc) is 3.55. The van der Waals surface area contributed by atoms with Gasteiger partial charge in [0.15, 0.2) is 0 Å². The third-order valence-corrected chi connectivity index (χ3v) is 8.68. The molecule has 4 atom stereocenters. The molecule has 0 aromatic heterocycles. The first kappa shape index (κ1) is 25.3. The quantitative estimate of drug-likeness (QED) is 0.513. The molecular weight excluding hydrogens is 456 g/mol. The highest BCUT2D eigenvalue weighted by atomic mass is 16.5. The van der Waals surface area contributed by atoms with Gasteiger partial charge in [-0.3, -0.25) is 9.59 Å². The first-order chi connectivity index (χ1) is 17.6. The van der Waals surface area contributed by atoms with Crippen LogP contribution in [-0.2, 0) is 9.59 Å². The van der Waals surface area contributed by atoms with E-state index in [1.165, 1.54) is 32.1 Å². The van der Waals surface area contributed by atoms with E-state index in [9.17, 15) is 19.8 Å². The van der Waals surface area contributed by atoms with Crippen molar-refractivity contribution in [2.75, 3.05) is 19.7 Å². The van der Waals surface area contributed by atoms with E-state index < -0.39 is 24.2 Å². The van der Waals surface area contributed by atoms with Crippen LogP contribution in [0, 0.1) is 11.8 Å². The molecule has 1 heterocycles. The molecule has 1 aromatic rings. The lowest BCUT2D eigenvalue weighted by Crippen LogP contribution is -2.56. The van der Waals surface area contributed by atoms with E-state index in [2.05, 4.69) is 5.32 Å². The van der Waals surface area contributed by atoms with Crippen molar-refractivity contribution in [2.45, 2.75) is 88.4 Å². The van der Waals surface area contributed by atoms with Crippen LogP contribution in [0.15, 0.2) is 35.9 Å². The maximum atomic E-state index is 13.8. The maximum Gasteiger partial charge on any atom is 0.247 e. The average molecular weight is 497 g/mol. The van der Waals surface area contributed by atoms with Crippen molar-refractivity contribution in [1.82, 2.24) is 10.2 Å². The summed E-state index contributed by atoms with van der Waals surface area (Å²) in [4.78, 5) is 29.0. The molecule has 3 aliphatic carbocycles. The predicted molar refractivity (Wildman–Crippen MR) is 136 cm³/mol. The van der Waals surface area contributed by atoms with E-state index >= 15 is 0 Å². The van der Waals surface area contributed by atoms with Crippen molar-refractivity contribution < 1.29 is 24.5 Å². The van der Waals surface area contributed by atoms with Crippen molar-refractivity contribution in [2.24, 2.45) is 11.8 Å². The van der Waals surface area contributed by atoms with Crippen LogP contribution >= 0.6 is 0 Å². The van der Waals surface area contributed by atoms with Gasteiger partial charge in [0.1, 0.15) is 18.0 Å². The fourth-order valence-electron chi connectivity index (χ4n) is 6.81. The summed E-state index contributed by atoms with van der Waals surface area (Å²) in [6.07, 6.45) is 11.1. The smallest absolute Gasteiger partial charge is 0.247 e. The fraction of sp³-hybridized carbons (Fsp3) is 0.655. The van der Waals surface area contributed by atoms with Gasteiger partial charge in [0.2, 0.25) is 11.8 Å². The lowest BCUT2D eigenvalue weighted by atomic mass is 9.77. The number of carbonyl (C=O) groups excluding carboxylic acids is 2. The first-order valence-electron chi connectivity index (χ1n) is 13.9. The van der Waals surface area contributed by atoms with Crippen LogP contribution in [0.1, 0.15) is 75.7 Å². The molecule has 4 unspecified atom stereocenters. The number of ether oxygens (including phenoxy) is 1. The number of fused-ring (bicyclic) bond motifs is 3. The third kappa shape index (κ3) is 5.18. The molecule has 0 bridgehead atoms. The Morgan fingerprint density at radius 3 is 2.44 bits per heavy atom. The van der Waals surface area contributed by atoms with E-state index in [0.717, 1.165) is 31.2 Å². The molecule has 0 radical (unpaired) electrons. The molecule has 7 heteroatoms. The standard InChI is InChI=1S/C29H40N2O5/c32-15-14-30-29(35)22-17-23(27(34)28-26(22)21-12-6-7-13-24(21)36-28)31(18-20-10-2-1-3-11-20)25(33)16-19-8-4-5-9-19/h6-7,12-13,17,19-20,23,26-28,32,34H,1-5,8-11,14-16,18H2,(H,30,35). The van der Waals surface area contributed by atoms with Crippen molar-refractivity contribution in [3.63, 3.8) is 0 Å². The Hall–Kier alpha value is -2.38. The van der Waals surface area contributed by atoms with Crippen LogP contribution in [0.3, 0.4) is 0 Å². The van der Waals surface area contributed by atoms with E-state index in [0.29, 0.717) is 36.1 Å². The fourth-order valence-corrected chi connectivity index (χ4v) is 6.81. The summed E-state index contributed by atoms with van der Waals surface area (Å²) in [7, 11) is 0. The Morgan fingerprint density at radius 1 is 1.00 bits per heavy atom. The van der Waals surface area contributed by atoms with Crippen LogP contribution in [0.2, 0.25) is 0 Å². The molecule has 0 spiro atoms. The van der Waals surface area contributed by atoms with Gasteiger partial charge in [0, 0.05) is 30.6 Å². The minimum Gasteiger partial charge on any atom is -0.486 e. The normalized spacial score (nSPS) is 28.1. The molecule has 36 heavy (non-hydrogen) atoms. The van der Waals surface area contributed by atoms with E-state index in [1.807, 2.05) is 35.2 Å². The zero-order chi connectivity index (χ0) is 25.1. The second kappa shape index (κ2) is 11.3. The highest BCUT2D eigenvalue weighted by molar-refractivity contribution is 5.96. The summed E-state index contributed by atoms with van der Waals surface area (Å²) in [5.41, 5.74) is 1.39. The number of nitrogens with zero attached hydrogens (tertiary/aromatic N) is 1. The summed E-state index contributed by atoms with van der Waals surface area (Å²) < 4.78 is 6.23. The molecule has 1 aromatic carbocycles. The van der Waals surface area contributed by atoms with Gasteiger partial charge in [0.05, 0.1) is 18.6 Å². The molecular formula is C29H40N2O5. The Balaban J connectivity index is 1.48. The number of amides is 2. The highest BCUT2D eigenvalue weighted by Crippen LogP contribution is 2.47. The van der Waals surface area contributed by atoms with Gasteiger partial charge in [0.25, 0.3) is 0 Å². The summed E-state index contributed by atoms with van der Waals surface area (Å²) >= 11 is 0. The van der Waals surface area contributed by atoms with Crippen molar-refractivity contribution >= 4 is 11.8 Å². The molecule has 5 rings (SSSR count).